The molecule has 0 radical (unpaired) electrons. The minimum absolute atomic E-state index is 0.294. The molecule has 10 heteroatoms. The van der Waals surface area contributed by atoms with Crippen LogP contribution >= 0.6 is 0 Å². The van der Waals surface area contributed by atoms with Crippen LogP contribution in [0.2, 0.25) is 0 Å². The minimum Gasteiger partial charge on any atom is -0.444 e. The van der Waals surface area contributed by atoms with Crippen molar-refractivity contribution in [2.45, 2.75) is 83.5 Å². The molecule has 3 aliphatic rings. The third-order valence-corrected chi connectivity index (χ3v) is 7.10. The van der Waals surface area contributed by atoms with Gasteiger partial charge in [0.1, 0.15) is 11.4 Å². The number of rotatable bonds is 2. The van der Waals surface area contributed by atoms with Crippen molar-refractivity contribution in [3.8, 4) is 0 Å². The summed E-state index contributed by atoms with van der Waals surface area (Å²) < 4.78 is 29.9. The highest BCUT2D eigenvalue weighted by molar-refractivity contribution is 6.62. The van der Waals surface area contributed by atoms with Crippen LogP contribution in [0, 0.1) is 0 Å². The molecule has 3 saturated heterocycles. The van der Waals surface area contributed by atoms with Gasteiger partial charge in [-0.3, -0.25) is 4.90 Å². The first kappa shape index (κ1) is 23.6. The lowest BCUT2D eigenvalue weighted by Crippen LogP contribution is -2.41. The van der Waals surface area contributed by atoms with Gasteiger partial charge in [0.25, 0.3) is 0 Å². The number of carbonyl (C=O) groups excluding carboxylic acids is 1. The Morgan fingerprint density at radius 2 is 1.79 bits per heavy atom. The van der Waals surface area contributed by atoms with E-state index in [0.717, 1.165) is 16.5 Å². The SMILES string of the molecule is CC(C)(C)OC(=O)N1CC2(C[C@H]1c1nc3ccc(B4OC(C)(C)C(C)(C)O4)cc3[nH]1)OCCO2. The second-order valence-electron chi connectivity index (χ2n) is 11.4. The first-order valence-corrected chi connectivity index (χ1v) is 11.9. The highest BCUT2D eigenvalue weighted by atomic mass is 16.7. The Hall–Kier alpha value is -2.14. The van der Waals surface area contributed by atoms with Gasteiger partial charge in [0, 0.05) is 6.42 Å². The van der Waals surface area contributed by atoms with Crippen molar-refractivity contribution in [2.24, 2.45) is 0 Å². The molecule has 0 aliphatic carbocycles. The van der Waals surface area contributed by atoms with Crippen molar-refractivity contribution >= 4 is 29.7 Å². The Morgan fingerprint density at radius 1 is 1.15 bits per heavy atom. The van der Waals surface area contributed by atoms with E-state index < -0.39 is 35.8 Å². The van der Waals surface area contributed by atoms with Crippen molar-refractivity contribution in [2.75, 3.05) is 19.8 Å². The predicted octanol–water partition coefficient (Wildman–Crippen LogP) is 3.29. The molecule has 0 saturated carbocycles. The maximum Gasteiger partial charge on any atom is 0.494 e. The van der Waals surface area contributed by atoms with Gasteiger partial charge in [-0.1, -0.05) is 6.07 Å². The average molecular weight is 471 g/mol. The number of amides is 1. The molecule has 0 bridgehead atoms. The first-order valence-electron chi connectivity index (χ1n) is 11.9. The minimum atomic E-state index is -0.825. The van der Waals surface area contributed by atoms with Crippen LogP contribution in [0.5, 0.6) is 0 Å². The summed E-state index contributed by atoms with van der Waals surface area (Å²) in [5.41, 5.74) is 1.11. The van der Waals surface area contributed by atoms with E-state index >= 15 is 0 Å². The zero-order valence-corrected chi connectivity index (χ0v) is 21.1. The molecule has 3 aliphatic heterocycles. The first-order chi connectivity index (χ1) is 15.8. The third-order valence-electron chi connectivity index (χ3n) is 7.10. The lowest BCUT2D eigenvalue weighted by atomic mass is 9.79. The summed E-state index contributed by atoms with van der Waals surface area (Å²) in [7, 11) is -0.463. The number of ether oxygens (including phenoxy) is 3. The topological polar surface area (TPSA) is 95.1 Å². The number of hydrogen-bond acceptors (Lipinski definition) is 7. The van der Waals surface area contributed by atoms with E-state index in [1.807, 2.05) is 66.7 Å². The molecule has 1 N–H and O–H groups in total. The normalized spacial score (nSPS) is 25.6. The molecule has 1 aromatic carbocycles. The molecule has 4 heterocycles. The maximum atomic E-state index is 13.1. The largest absolute Gasteiger partial charge is 0.494 e. The molecule has 1 atom stereocenters. The second-order valence-corrected chi connectivity index (χ2v) is 11.4. The van der Waals surface area contributed by atoms with E-state index in [1.165, 1.54) is 0 Å². The lowest BCUT2D eigenvalue weighted by molar-refractivity contribution is -0.145. The summed E-state index contributed by atoms with van der Waals surface area (Å²) in [6, 6.07) is 5.56. The fraction of sp³-hybridized carbons (Fsp3) is 0.667. The van der Waals surface area contributed by atoms with Crippen LogP contribution in [0.1, 0.15) is 66.8 Å². The number of imidazole rings is 1. The number of aromatic nitrogens is 2. The molecular formula is C24H34BN3O6. The van der Waals surface area contributed by atoms with E-state index in [4.69, 9.17) is 28.5 Å². The second kappa shape index (κ2) is 7.68. The Balaban J connectivity index is 1.44. The van der Waals surface area contributed by atoms with Crippen LogP contribution in [0.4, 0.5) is 4.79 Å². The van der Waals surface area contributed by atoms with Crippen LogP contribution < -0.4 is 5.46 Å². The molecule has 1 aromatic heterocycles. The van der Waals surface area contributed by atoms with Crippen LogP contribution in [0.15, 0.2) is 18.2 Å². The standard InChI is InChI=1S/C24H34BN3O6/c1-21(2,3)32-20(29)28-14-24(30-10-11-31-24)13-18(28)19-26-16-9-8-15(12-17(16)27-19)25-33-22(4,5)23(6,7)34-25/h8-9,12,18H,10-11,13-14H2,1-7H3,(H,26,27)/t18-/m0/s1. The third kappa shape index (κ3) is 4.10. The maximum absolute atomic E-state index is 13.1. The summed E-state index contributed by atoms with van der Waals surface area (Å²) in [5.74, 6) is -0.156. The number of aromatic amines is 1. The molecule has 9 nitrogen and oxygen atoms in total. The monoisotopic (exact) mass is 471 g/mol. The van der Waals surface area contributed by atoms with Gasteiger partial charge in [-0.05, 0) is 66.1 Å². The zero-order chi connectivity index (χ0) is 24.5. The summed E-state index contributed by atoms with van der Waals surface area (Å²) >= 11 is 0. The van der Waals surface area contributed by atoms with Crippen LogP contribution in [0.3, 0.4) is 0 Å². The van der Waals surface area contributed by atoms with Crippen LogP contribution in [-0.4, -0.2) is 70.4 Å². The molecular weight excluding hydrogens is 437 g/mol. The van der Waals surface area contributed by atoms with Crippen molar-refractivity contribution in [3.05, 3.63) is 24.0 Å². The van der Waals surface area contributed by atoms with E-state index in [9.17, 15) is 4.79 Å². The average Bonchev–Trinajstić information content (AvgIpc) is 3.46. The number of hydrogen-bond donors (Lipinski definition) is 1. The highest BCUT2D eigenvalue weighted by Crippen LogP contribution is 2.43. The number of nitrogens with zero attached hydrogens (tertiary/aromatic N) is 2. The molecule has 1 amide bonds. The Morgan fingerprint density at radius 3 is 2.41 bits per heavy atom. The molecule has 34 heavy (non-hydrogen) atoms. The van der Waals surface area contributed by atoms with Gasteiger partial charge in [-0.15, -0.1) is 0 Å². The Labute approximate surface area is 200 Å². The summed E-state index contributed by atoms with van der Waals surface area (Å²) in [6.45, 7) is 15.0. The van der Waals surface area contributed by atoms with Crippen LogP contribution in [-0.2, 0) is 23.5 Å². The Kier molecular flexibility index (Phi) is 5.33. The number of benzene rings is 1. The van der Waals surface area contributed by atoms with Gasteiger partial charge in [0.15, 0.2) is 5.79 Å². The van der Waals surface area contributed by atoms with Crippen molar-refractivity contribution in [3.63, 3.8) is 0 Å². The number of fused-ring (bicyclic) bond motifs is 1. The Bertz CT molecular complexity index is 1090. The fourth-order valence-corrected chi connectivity index (χ4v) is 4.63. The number of likely N-dealkylation sites (tertiary alicyclic amines) is 1. The lowest BCUT2D eigenvalue weighted by Gasteiger charge is -2.32. The molecule has 3 fully saturated rings. The van der Waals surface area contributed by atoms with E-state index in [2.05, 4.69) is 4.98 Å². The number of carbonyl (C=O) groups is 1. The van der Waals surface area contributed by atoms with Gasteiger partial charge < -0.3 is 28.5 Å². The van der Waals surface area contributed by atoms with Gasteiger partial charge in [-0.25, -0.2) is 9.78 Å². The van der Waals surface area contributed by atoms with Gasteiger partial charge in [0.2, 0.25) is 0 Å². The smallest absolute Gasteiger partial charge is 0.444 e. The van der Waals surface area contributed by atoms with Crippen molar-refractivity contribution < 1.29 is 28.3 Å². The molecule has 1 spiro atoms. The molecule has 0 unspecified atom stereocenters. The predicted molar refractivity (Wildman–Crippen MR) is 127 cm³/mol. The number of nitrogens with one attached hydrogen (secondary N) is 1. The number of H-pyrrole nitrogens is 1. The highest BCUT2D eigenvalue weighted by Gasteiger charge is 2.53. The van der Waals surface area contributed by atoms with E-state index in [1.54, 1.807) is 4.90 Å². The molecule has 184 valence electrons. The quantitative estimate of drug-likeness (QED) is 0.672. The molecule has 5 rings (SSSR count). The summed E-state index contributed by atoms with van der Waals surface area (Å²) in [6.07, 6.45) is 0.0720. The van der Waals surface area contributed by atoms with Gasteiger partial charge in [0.05, 0.1) is 48.0 Å². The van der Waals surface area contributed by atoms with Gasteiger partial charge in [-0.2, -0.15) is 0 Å². The zero-order valence-electron chi connectivity index (χ0n) is 21.1. The summed E-state index contributed by atoms with van der Waals surface area (Å²) in [4.78, 5) is 22.9. The molecule has 2 aromatic rings. The van der Waals surface area contributed by atoms with E-state index in [0.29, 0.717) is 32.0 Å². The van der Waals surface area contributed by atoms with Crippen LogP contribution in [0.25, 0.3) is 11.0 Å². The summed E-state index contributed by atoms with van der Waals surface area (Å²) in [5, 5.41) is 0. The fourth-order valence-electron chi connectivity index (χ4n) is 4.63. The van der Waals surface area contributed by atoms with E-state index in [-0.39, 0.29) is 6.04 Å². The van der Waals surface area contributed by atoms with Gasteiger partial charge >= 0.3 is 13.2 Å². The van der Waals surface area contributed by atoms with Crippen molar-refractivity contribution in [1.82, 2.24) is 14.9 Å². The van der Waals surface area contributed by atoms with Crippen molar-refractivity contribution in [1.29, 1.82) is 0 Å².